The van der Waals surface area contributed by atoms with Crippen LogP contribution in [0.5, 0.6) is 5.75 Å². The Morgan fingerprint density at radius 1 is 1.21 bits per heavy atom. The zero-order chi connectivity index (χ0) is 20.0. The Hall–Kier alpha value is -2.40. The maximum absolute atomic E-state index is 15.9. The first-order valence-corrected chi connectivity index (χ1v) is 9.76. The van der Waals surface area contributed by atoms with E-state index in [2.05, 4.69) is 4.90 Å². The lowest BCUT2D eigenvalue weighted by Gasteiger charge is -2.41. The van der Waals surface area contributed by atoms with E-state index in [1.807, 2.05) is 61.5 Å². The molecule has 0 spiro atoms. The van der Waals surface area contributed by atoms with Gasteiger partial charge in [0.1, 0.15) is 18.0 Å². The smallest absolute Gasteiger partial charge is 0.306 e. The van der Waals surface area contributed by atoms with Crippen molar-refractivity contribution >= 4 is 5.97 Å². The average molecular weight is 385 g/mol. The van der Waals surface area contributed by atoms with Gasteiger partial charge in [-0.3, -0.25) is 4.79 Å². The predicted octanol–water partition coefficient (Wildman–Crippen LogP) is 4.34. The van der Waals surface area contributed by atoms with Gasteiger partial charge in [0, 0.05) is 25.6 Å². The Labute approximate surface area is 166 Å². The summed E-state index contributed by atoms with van der Waals surface area (Å²) in [5, 5.41) is 0. The van der Waals surface area contributed by atoms with Crippen molar-refractivity contribution in [3.05, 3.63) is 65.7 Å². The summed E-state index contributed by atoms with van der Waals surface area (Å²) in [5.74, 6) is 0.273. The zero-order valence-corrected chi connectivity index (χ0v) is 16.6. The van der Waals surface area contributed by atoms with Crippen molar-refractivity contribution in [3.63, 3.8) is 0 Å². The van der Waals surface area contributed by atoms with Gasteiger partial charge in [0.15, 0.2) is 0 Å². The Kier molecular flexibility index (Phi) is 6.68. The molecule has 0 saturated carbocycles. The first-order valence-electron chi connectivity index (χ1n) is 9.76. The van der Waals surface area contributed by atoms with E-state index in [0.717, 1.165) is 5.56 Å². The van der Waals surface area contributed by atoms with Gasteiger partial charge in [-0.05, 0) is 29.7 Å². The van der Waals surface area contributed by atoms with Crippen molar-refractivity contribution < 1.29 is 18.7 Å². The number of rotatable bonds is 7. The summed E-state index contributed by atoms with van der Waals surface area (Å²) in [6.45, 7) is 4.23. The molecule has 1 aliphatic rings. The van der Waals surface area contributed by atoms with Crippen LogP contribution < -0.4 is 4.74 Å². The lowest BCUT2D eigenvalue weighted by atomic mass is 9.78. The van der Waals surface area contributed by atoms with Crippen molar-refractivity contribution in [1.29, 1.82) is 0 Å². The van der Waals surface area contributed by atoms with Crippen molar-refractivity contribution in [2.24, 2.45) is 5.92 Å². The maximum Gasteiger partial charge on any atom is 0.306 e. The Morgan fingerprint density at radius 2 is 2.00 bits per heavy atom. The van der Waals surface area contributed by atoms with E-state index >= 15 is 4.39 Å². The summed E-state index contributed by atoms with van der Waals surface area (Å²) in [6.07, 6.45) is 0.739. The molecule has 2 aromatic rings. The van der Waals surface area contributed by atoms with Crippen molar-refractivity contribution in [2.75, 3.05) is 26.7 Å². The normalized spacial score (nSPS) is 22.6. The van der Waals surface area contributed by atoms with Gasteiger partial charge in [-0.1, -0.05) is 49.4 Å². The molecule has 5 heteroatoms. The molecule has 1 saturated heterocycles. The van der Waals surface area contributed by atoms with Crippen molar-refractivity contribution in [2.45, 2.75) is 32.0 Å². The molecule has 2 atom stereocenters. The van der Waals surface area contributed by atoms with Crippen molar-refractivity contribution in [3.8, 4) is 5.75 Å². The van der Waals surface area contributed by atoms with E-state index in [0.29, 0.717) is 50.4 Å². The molecule has 3 rings (SSSR count). The number of ether oxygens (including phenoxy) is 2. The highest BCUT2D eigenvalue weighted by molar-refractivity contribution is 5.69. The fraction of sp³-hybridized carbons (Fsp3) is 0.435. The van der Waals surface area contributed by atoms with Gasteiger partial charge in [-0.25, -0.2) is 4.39 Å². The van der Waals surface area contributed by atoms with Crippen LogP contribution in [0.2, 0.25) is 0 Å². The number of esters is 1. The molecule has 2 aromatic carbocycles. The van der Waals surface area contributed by atoms with Gasteiger partial charge in [0.2, 0.25) is 0 Å². The first-order chi connectivity index (χ1) is 13.5. The molecule has 0 aromatic heterocycles. The second-order valence-corrected chi connectivity index (χ2v) is 7.44. The number of nitrogens with zero attached hydrogens (tertiary/aromatic N) is 1. The molecule has 2 unspecified atom stereocenters. The van der Waals surface area contributed by atoms with E-state index in [4.69, 9.17) is 9.47 Å². The molecule has 1 aliphatic heterocycles. The Morgan fingerprint density at radius 3 is 2.71 bits per heavy atom. The van der Waals surface area contributed by atoms with E-state index in [-0.39, 0.29) is 11.9 Å². The maximum atomic E-state index is 15.9. The van der Waals surface area contributed by atoms with E-state index in [1.165, 1.54) is 7.11 Å². The highest BCUT2D eigenvalue weighted by Gasteiger charge is 2.42. The monoisotopic (exact) mass is 385 g/mol. The molecule has 28 heavy (non-hydrogen) atoms. The van der Waals surface area contributed by atoms with Crippen LogP contribution in [-0.2, 0) is 21.8 Å². The molecular weight excluding hydrogens is 357 g/mol. The predicted molar refractivity (Wildman–Crippen MR) is 107 cm³/mol. The molecule has 0 N–H and O–H groups in total. The molecule has 0 bridgehead atoms. The zero-order valence-electron chi connectivity index (χ0n) is 16.6. The number of likely N-dealkylation sites (tertiary alicyclic amines) is 1. The summed E-state index contributed by atoms with van der Waals surface area (Å²) in [7, 11) is 1.39. The molecule has 150 valence electrons. The number of carbonyl (C=O) groups is 1. The molecule has 0 aliphatic carbocycles. The number of hydrogen-bond donors (Lipinski definition) is 0. The molecule has 1 fully saturated rings. The first kappa shape index (κ1) is 20.3. The Bertz CT molecular complexity index is 782. The van der Waals surface area contributed by atoms with E-state index in [9.17, 15) is 4.79 Å². The largest absolute Gasteiger partial charge is 0.489 e. The quantitative estimate of drug-likeness (QED) is 0.665. The number of benzene rings is 2. The topological polar surface area (TPSA) is 38.8 Å². The summed E-state index contributed by atoms with van der Waals surface area (Å²) in [4.78, 5) is 13.5. The van der Waals surface area contributed by atoms with Gasteiger partial charge < -0.3 is 14.4 Å². The molecule has 0 radical (unpaired) electrons. The summed E-state index contributed by atoms with van der Waals surface area (Å²) >= 11 is 0. The molecular formula is C23H28FNO3. The highest BCUT2D eigenvalue weighted by atomic mass is 19.1. The summed E-state index contributed by atoms with van der Waals surface area (Å²) < 4.78 is 26.5. The van der Waals surface area contributed by atoms with Crippen LogP contribution in [0, 0.1) is 5.92 Å². The standard InChI is InChI=1S/C23H28FNO3/c1-18-16-25(13-11-22(26)27-2)14-12-23(18,24)20-9-6-10-21(15-20)28-17-19-7-4-3-5-8-19/h3-10,15,18H,11-14,16-17H2,1-2H3. The third kappa shape index (κ3) is 4.90. The number of halogens is 1. The third-order valence-electron chi connectivity index (χ3n) is 5.53. The molecule has 1 heterocycles. The van der Waals surface area contributed by atoms with Crippen LogP contribution in [-0.4, -0.2) is 37.6 Å². The second-order valence-electron chi connectivity index (χ2n) is 7.44. The molecule has 0 amide bonds. The third-order valence-corrected chi connectivity index (χ3v) is 5.53. The van der Waals surface area contributed by atoms with Crippen LogP contribution in [0.25, 0.3) is 0 Å². The van der Waals surface area contributed by atoms with Crippen molar-refractivity contribution in [1.82, 2.24) is 4.90 Å². The van der Waals surface area contributed by atoms with Gasteiger partial charge in [0.05, 0.1) is 13.5 Å². The average Bonchev–Trinajstić information content (AvgIpc) is 2.74. The van der Waals surface area contributed by atoms with Crippen LogP contribution in [0.4, 0.5) is 4.39 Å². The summed E-state index contributed by atoms with van der Waals surface area (Å²) in [6, 6.07) is 17.3. The number of carbonyl (C=O) groups excluding carboxylic acids is 1. The number of alkyl halides is 1. The van der Waals surface area contributed by atoms with Crippen LogP contribution in [0.15, 0.2) is 54.6 Å². The fourth-order valence-electron chi connectivity index (χ4n) is 3.76. The van der Waals surface area contributed by atoms with E-state index < -0.39 is 5.67 Å². The lowest BCUT2D eigenvalue weighted by Crippen LogP contribution is -2.47. The molecule has 4 nitrogen and oxygen atoms in total. The van der Waals surface area contributed by atoms with Gasteiger partial charge in [-0.2, -0.15) is 0 Å². The minimum Gasteiger partial charge on any atom is -0.489 e. The summed E-state index contributed by atoms with van der Waals surface area (Å²) in [5.41, 5.74) is 0.349. The van der Waals surface area contributed by atoms with Gasteiger partial charge in [-0.15, -0.1) is 0 Å². The minimum atomic E-state index is -1.39. The van der Waals surface area contributed by atoms with Crippen LogP contribution in [0.1, 0.15) is 30.9 Å². The number of methoxy groups -OCH3 is 1. The van der Waals surface area contributed by atoms with E-state index in [1.54, 1.807) is 0 Å². The van der Waals surface area contributed by atoms with Crippen LogP contribution in [0.3, 0.4) is 0 Å². The highest BCUT2D eigenvalue weighted by Crippen LogP contribution is 2.42. The fourth-order valence-corrected chi connectivity index (χ4v) is 3.76. The van der Waals surface area contributed by atoms with Gasteiger partial charge >= 0.3 is 5.97 Å². The second kappa shape index (κ2) is 9.20. The SMILES string of the molecule is COC(=O)CCN1CCC(F)(c2cccc(OCc3ccccc3)c2)C(C)C1. The van der Waals surface area contributed by atoms with Crippen LogP contribution >= 0.6 is 0 Å². The number of piperidine rings is 1. The van der Waals surface area contributed by atoms with Gasteiger partial charge in [0.25, 0.3) is 0 Å². The lowest BCUT2D eigenvalue weighted by molar-refractivity contribution is -0.141. The minimum absolute atomic E-state index is 0.178. The Balaban J connectivity index is 1.63. The number of hydrogen-bond acceptors (Lipinski definition) is 4.